The van der Waals surface area contributed by atoms with Gasteiger partial charge in [-0.2, -0.15) is 0 Å². The first kappa shape index (κ1) is 18.5. The van der Waals surface area contributed by atoms with E-state index in [9.17, 15) is 9.59 Å². The summed E-state index contributed by atoms with van der Waals surface area (Å²) in [6.45, 7) is 0. The number of benzene rings is 2. The molecule has 1 unspecified atom stereocenters. The molecule has 0 radical (unpaired) electrons. The van der Waals surface area contributed by atoms with Crippen molar-refractivity contribution >= 4 is 63.8 Å². The average molecular weight is 435 g/mol. The first-order valence-corrected chi connectivity index (χ1v) is 10.5. The highest BCUT2D eigenvalue weighted by Crippen LogP contribution is 2.37. The van der Waals surface area contributed by atoms with Crippen LogP contribution in [0.4, 0.5) is 5.69 Å². The fourth-order valence-corrected chi connectivity index (χ4v) is 5.42. The van der Waals surface area contributed by atoms with Crippen LogP contribution in [0.25, 0.3) is 11.3 Å². The summed E-state index contributed by atoms with van der Waals surface area (Å²) in [6, 6.07) is 14.5. The second kappa shape index (κ2) is 7.64. The Balaban J connectivity index is 1.53. The lowest BCUT2D eigenvalue weighted by atomic mass is 10.2. The summed E-state index contributed by atoms with van der Waals surface area (Å²) >= 11 is 14.8. The Labute approximate surface area is 174 Å². The Hall–Kier alpha value is -1.86. The van der Waals surface area contributed by atoms with Gasteiger partial charge in [-0.15, -0.1) is 11.3 Å². The van der Waals surface area contributed by atoms with Gasteiger partial charge in [0.2, 0.25) is 11.8 Å². The first-order chi connectivity index (χ1) is 13.0. The topological polar surface area (TPSA) is 50.3 Å². The molecule has 1 saturated heterocycles. The van der Waals surface area contributed by atoms with E-state index in [0.29, 0.717) is 15.7 Å². The van der Waals surface area contributed by atoms with Crippen molar-refractivity contribution in [1.82, 2.24) is 4.98 Å². The summed E-state index contributed by atoms with van der Waals surface area (Å²) in [6.07, 6.45) is 0.119. The van der Waals surface area contributed by atoms with Crippen LogP contribution >= 0.6 is 46.3 Å². The van der Waals surface area contributed by atoms with Gasteiger partial charge in [-0.1, -0.05) is 65.3 Å². The molecule has 3 aromatic rings. The zero-order chi connectivity index (χ0) is 19.0. The maximum absolute atomic E-state index is 12.8. The van der Waals surface area contributed by atoms with Crippen LogP contribution in [0.1, 0.15) is 6.42 Å². The maximum Gasteiger partial charge on any atom is 0.247 e. The van der Waals surface area contributed by atoms with Gasteiger partial charge in [-0.3, -0.25) is 9.59 Å². The largest absolute Gasteiger partial charge is 0.274 e. The molecule has 2 heterocycles. The molecule has 2 aromatic carbocycles. The van der Waals surface area contributed by atoms with Crippen LogP contribution in [0.15, 0.2) is 58.3 Å². The Bertz CT molecular complexity index is 1000. The third-order valence-corrected chi connectivity index (χ3v) is 6.60. The molecule has 1 aromatic heterocycles. The minimum absolute atomic E-state index is 0.119. The number of hydrogen-bond donors (Lipinski definition) is 0. The third-order valence-electron chi connectivity index (χ3n) is 4.01. The highest BCUT2D eigenvalue weighted by Gasteiger charge is 2.40. The van der Waals surface area contributed by atoms with Gasteiger partial charge in [0.1, 0.15) is 5.25 Å². The normalized spacial score (nSPS) is 17.0. The molecule has 27 heavy (non-hydrogen) atoms. The smallest absolute Gasteiger partial charge is 0.247 e. The van der Waals surface area contributed by atoms with Gasteiger partial charge in [0.05, 0.1) is 11.4 Å². The van der Waals surface area contributed by atoms with Crippen molar-refractivity contribution in [2.24, 2.45) is 0 Å². The van der Waals surface area contributed by atoms with Crippen molar-refractivity contribution in [2.75, 3.05) is 4.90 Å². The number of imide groups is 1. The van der Waals surface area contributed by atoms with E-state index in [1.165, 1.54) is 23.1 Å². The standard InChI is InChI=1S/C19H12Cl2N2O2S2/c20-12-6-13(21)8-14(7-12)23-17(24)9-16(18(23)25)27-19-22-15(10-26-19)11-4-2-1-3-5-11/h1-8,10,16H,9H2. The quantitative estimate of drug-likeness (QED) is 0.505. The lowest BCUT2D eigenvalue weighted by Gasteiger charge is -2.15. The maximum atomic E-state index is 12.8. The molecule has 4 rings (SSSR count). The molecule has 0 aliphatic carbocycles. The Morgan fingerprint density at radius 2 is 1.78 bits per heavy atom. The molecule has 0 saturated carbocycles. The van der Waals surface area contributed by atoms with Crippen LogP contribution in [-0.2, 0) is 9.59 Å². The molecular formula is C19H12Cl2N2O2S2. The molecule has 1 aliphatic heterocycles. The molecule has 1 atom stereocenters. The van der Waals surface area contributed by atoms with E-state index in [2.05, 4.69) is 4.98 Å². The second-order valence-electron chi connectivity index (χ2n) is 5.87. The monoisotopic (exact) mass is 434 g/mol. The fourth-order valence-electron chi connectivity index (χ4n) is 2.81. The summed E-state index contributed by atoms with van der Waals surface area (Å²) in [5, 5.41) is 2.20. The number of thiazole rings is 1. The van der Waals surface area contributed by atoms with Gasteiger partial charge in [0, 0.05) is 27.4 Å². The summed E-state index contributed by atoms with van der Waals surface area (Å²) < 4.78 is 0.756. The Morgan fingerprint density at radius 1 is 1.07 bits per heavy atom. The van der Waals surface area contributed by atoms with Crippen molar-refractivity contribution in [2.45, 2.75) is 16.0 Å². The molecule has 2 amide bonds. The number of rotatable bonds is 4. The summed E-state index contributed by atoms with van der Waals surface area (Å²) in [7, 11) is 0. The van der Waals surface area contributed by atoms with Crippen molar-refractivity contribution < 1.29 is 9.59 Å². The van der Waals surface area contributed by atoms with Gasteiger partial charge in [0.15, 0.2) is 4.34 Å². The lowest BCUT2D eigenvalue weighted by molar-refractivity contribution is -0.121. The number of amides is 2. The van der Waals surface area contributed by atoms with Crippen LogP contribution in [0.5, 0.6) is 0 Å². The van der Waals surface area contributed by atoms with E-state index in [-0.39, 0.29) is 18.2 Å². The lowest BCUT2D eigenvalue weighted by Crippen LogP contribution is -2.31. The Morgan fingerprint density at radius 3 is 2.48 bits per heavy atom. The fraction of sp³-hybridized carbons (Fsp3) is 0.105. The summed E-state index contributed by atoms with van der Waals surface area (Å²) in [5.41, 5.74) is 2.28. The van der Waals surface area contributed by atoms with Gasteiger partial charge < -0.3 is 0 Å². The van der Waals surface area contributed by atoms with Crippen LogP contribution in [0.3, 0.4) is 0 Å². The Kier molecular flexibility index (Phi) is 5.23. The number of nitrogens with zero attached hydrogens (tertiary/aromatic N) is 2. The van der Waals surface area contributed by atoms with Crippen LogP contribution in [0, 0.1) is 0 Å². The zero-order valence-corrected chi connectivity index (χ0v) is 16.9. The van der Waals surface area contributed by atoms with E-state index in [1.54, 1.807) is 18.2 Å². The van der Waals surface area contributed by atoms with Crippen molar-refractivity contribution in [3.05, 3.63) is 64.0 Å². The van der Waals surface area contributed by atoms with Gasteiger partial charge in [-0.05, 0) is 18.2 Å². The van der Waals surface area contributed by atoms with E-state index in [4.69, 9.17) is 23.2 Å². The molecule has 8 heteroatoms. The molecule has 0 bridgehead atoms. The van der Waals surface area contributed by atoms with Crippen LogP contribution < -0.4 is 4.90 Å². The van der Waals surface area contributed by atoms with E-state index in [0.717, 1.165) is 20.5 Å². The number of hydrogen-bond acceptors (Lipinski definition) is 5. The predicted octanol–water partition coefficient (Wildman–Crippen LogP) is 5.54. The number of halogens is 2. The summed E-state index contributed by atoms with van der Waals surface area (Å²) in [5.74, 6) is -0.546. The van der Waals surface area contributed by atoms with Crippen LogP contribution in [-0.4, -0.2) is 22.0 Å². The highest BCUT2D eigenvalue weighted by atomic mass is 35.5. The van der Waals surface area contributed by atoms with E-state index >= 15 is 0 Å². The molecule has 0 spiro atoms. The van der Waals surface area contributed by atoms with E-state index < -0.39 is 5.25 Å². The average Bonchev–Trinajstić information content (AvgIpc) is 3.20. The van der Waals surface area contributed by atoms with Crippen molar-refractivity contribution in [1.29, 1.82) is 0 Å². The molecule has 4 nitrogen and oxygen atoms in total. The predicted molar refractivity (Wildman–Crippen MR) is 111 cm³/mol. The molecular weight excluding hydrogens is 423 g/mol. The van der Waals surface area contributed by atoms with Crippen molar-refractivity contribution in [3.8, 4) is 11.3 Å². The number of aromatic nitrogens is 1. The number of carbonyl (C=O) groups is 2. The van der Waals surface area contributed by atoms with Gasteiger partial charge >= 0.3 is 0 Å². The molecule has 1 fully saturated rings. The zero-order valence-electron chi connectivity index (χ0n) is 13.8. The van der Waals surface area contributed by atoms with E-state index in [1.807, 2.05) is 35.7 Å². The minimum atomic E-state index is -0.509. The highest BCUT2D eigenvalue weighted by molar-refractivity contribution is 8.02. The molecule has 136 valence electrons. The summed E-state index contributed by atoms with van der Waals surface area (Å²) in [4.78, 5) is 31.0. The molecule has 1 aliphatic rings. The molecule has 0 N–H and O–H groups in total. The number of anilines is 1. The second-order valence-corrected chi connectivity index (χ2v) is 9.05. The minimum Gasteiger partial charge on any atom is -0.274 e. The third kappa shape index (κ3) is 3.89. The SMILES string of the molecule is O=C1CC(Sc2nc(-c3ccccc3)cs2)C(=O)N1c1cc(Cl)cc(Cl)c1. The van der Waals surface area contributed by atoms with Crippen LogP contribution in [0.2, 0.25) is 10.0 Å². The number of carbonyl (C=O) groups excluding carboxylic acids is 2. The first-order valence-electron chi connectivity index (χ1n) is 8.02. The van der Waals surface area contributed by atoms with Gasteiger partial charge in [0.25, 0.3) is 0 Å². The van der Waals surface area contributed by atoms with Crippen molar-refractivity contribution in [3.63, 3.8) is 0 Å². The van der Waals surface area contributed by atoms with Gasteiger partial charge in [-0.25, -0.2) is 9.88 Å². The number of thioether (sulfide) groups is 1.